The lowest BCUT2D eigenvalue weighted by Gasteiger charge is -2.03. The van der Waals surface area contributed by atoms with Crippen LogP contribution in [-0.2, 0) is 6.54 Å². The summed E-state index contributed by atoms with van der Waals surface area (Å²) in [4.78, 5) is 6.14. The number of nitrogens with one attached hydrogen (secondary N) is 1. The summed E-state index contributed by atoms with van der Waals surface area (Å²) < 4.78 is 5.05. The molecule has 3 N–H and O–H groups in total. The average Bonchev–Trinajstić information content (AvgIpc) is 2.72. The van der Waals surface area contributed by atoms with Gasteiger partial charge < -0.3 is 15.2 Å². The number of hydrogen-bond donors (Lipinski definition) is 2. The fraction of sp³-hybridized carbons (Fsp3) is 0.375. The highest BCUT2D eigenvalue weighted by Gasteiger charge is 2.11. The Morgan fingerprint density at radius 2 is 2.33 bits per heavy atom. The van der Waals surface area contributed by atoms with Crippen LogP contribution in [0.5, 0.6) is 0 Å². The normalized spacial score (nSPS) is 11.1. The summed E-state index contributed by atoms with van der Waals surface area (Å²) in [6.07, 6.45) is 0. The van der Waals surface area contributed by atoms with Gasteiger partial charge in [-0.05, 0) is 14.1 Å². The maximum Gasteiger partial charge on any atom is 0.276 e. The molecule has 0 aliphatic carbocycles. The Bertz CT molecular complexity index is 445. The van der Waals surface area contributed by atoms with Crippen molar-refractivity contribution in [3.05, 3.63) is 11.9 Å². The van der Waals surface area contributed by atoms with Gasteiger partial charge in [-0.1, -0.05) is 5.16 Å². The molecule has 0 atom stereocenters. The number of aromatic nitrogens is 4. The van der Waals surface area contributed by atoms with Crippen molar-refractivity contribution in [1.82, 2.24) is 25.2 Å². The van der Waals surface area contributed by atoms with Gasteiger partial charge in [0, 0.05) is 6.07 Å². The Morgan fingerprint density at radius 1 is 1.53 bits per heavy atom. The predicted molar refractivity (Wildman–Crippen MR) is 53.7 cm³/mol. The molecule has 0 fully saturated rings. The van der Waals surface area contributed by atoms with Crippen LogP contribution in [0.25, 0.3) is 11.6 Å². The standard InChI is InChI=1S/C8H12N6O/c1-14(2)4-7-10-8(15-13-7)5-3-6(9)12-11-5/h3H,4H2,1-2H3,(H3,9,11,12). The van der Waals surface area contributed by atoms with E-state index in [2.05, 4.69) is 20.3 Å². The van der Waals surface area contributed by atoms with Gasteiger partial charge in [0.05, 0.1) is 6.54 Å². The molecule has 15 heavy (non-hydrogen) atoms. The number of nitrogen functional groups attached to an aromatic ring is 1. The number of nitrogens with two attached hydrogens (primary N) is 1. The van der Waals surface area contributed by atoms with Crippen molar-refractivity contribution in [3.63, 3.8) is 0 Å². The van der Waals surface area contributed by atoms with Gasteiger partial charge >= 0.3 is 0 Å². The van der Waals surface area contributed by atoms with E-state index in [0.29, 0.717) is 29.8 Å². The lowest BCUT2D eigenvalue weighted by molar-refractivity contribution is 0.365. The molecule has 0 saturated carbocycles. The molecule has 2 aromatic heterocycles. The molecule has 2 aromatic rings. The molecule has 0 saturated heterocycles. The van der Waals surface area contributed by atoms with Gasteiger partial charge in [0.2, 0.25) is 0 Å². The van der Waals surface area contributed by atoms with E-state index in [9.17, 15) is 0 Å². The van der Waals surface area contributed by atoms with Crippen molar-refractivity contribution in [3.8, 4) is 11.6 Å². The highest BCUT2D eigenvalue weighted by Crippen LogP contribution is 2.16. The SMILES string of the molecule is CN(C)Cc1noc(-c2cc(N)n[nH]2)n1. The summed E-state index contributed by atoms with van der Waals surface area (Å²) in [6.45, 7) is 0.632. The Morgan fingerprint density at radius 3 is 2.93 bits per heavy atom. The molecule has 80 valence electrons. The van der Waals surface area contributed by atoms with E-state index in [1.54, 1.807) is 6.07 Å². The second-order valence-electron chi connectivity index (χ2n) is 3.46. The van der Waals surface area contributed by atoms with Crippen LogP contribution in [0, 0.1) is 0 Å². The molecule has 0 aliphatic rings. The second-order valence-corrected chi connectivity index (χ2v) is 3.46. The Hall–Kier alpha value is -1.89. The Balaban J connectivity index is 2.20. The van der Waals surface area contributed by atoms with E-state index < -0.39 is 0 Å². The fourth-order valence-corrected chi connectivity index (χ4v) is 1.16. The van der Waals surface area contributed by atoms with Gasteiger partial charge in [0.15, 0.2) is 5.82 Å². The summed E-state index contributed by atoms with van der Waals surface area (Å²) >= 11 is 0. The van der Waals surface area contributed by atoms with Gasteiger partial charge in [0.1, 0.15) is 11.5 Å². The molecular formula is C8H12N6O. The zero-order valence-corrected chi connectivity index (χ0v) is 8.56. The first-order chi connectivity index (χ1) is 7.15. The fourth-order valence-electron chi connectivity index (χ4n) is 1.16. The van der Waals surface area contributed by atoms with E-state index in [1.165, 1.54) is 0 Å². The van der Waals surface area contributed by atoms with Crippen molar-refractivity contribution in [2.24, 2.45) is 0 Å². The Labute approximate surface area is 86.3 Å². The average molecular weight is 208 g/mol. The van der Waals surface area contributed by atoms with E-state index in [1.807, 2.05) is 19.0 Å². The largest absolute Gasteiger partial charge is 0.382 e. The smallest absolute Gasteiger partial charge is 0.276 e. The minimum Gasteiger partial charge on any atom is -0.382 e. The van der Waals surface area contributed by atoms with Gasteiger partial charge in [-0.3, -0.25) is 5.10 Å². The third-order valence-electron chi connectivity index (χ3n) is 1.75. The van der Waals surface area contributed by atoms with Crippen LogP contribution in [0.15, 0.2) is 10.6 Å². The molecule has 0 aromatic carbocycles. The van der Waals surface area contributed by atoms with Crippen molar-refractivity contribution >= 4 is 5.82 Å². The molecule has 7 nitrogen and oxygen atoms in total. The van der Waals surface area contributed by atoms with Crippen molar-refractivity contribution < 1.29 is 4.52 Å². The first kappa shape index (κ1) is 9.66. The minimum atomic E-state index is 0.399. The lowest BCUT2D eigenvalue weighted by Crippen LogP contribution is -2.11. The number of nitrogens with zero attached hydrogens (tertiary/aromatic N) is 4. The number of hydrogen-bond acceptors (Lipinski definition) is 6. The third kappa shape index (κ3) is 2.13. The van der Waals surface area contributed by atoms with Gasteiger partial charge in [-0.15, -0.1) is 0 Å². The first-order valence-corrected chi connectivity index (χ1v) is 4.43. The number of H-pyrrole nitrogens is 1. The zero-order valence-electron chi connectivity index (χ0n) is 8.56. The van der Waals surface area contributed by atoms with E-state index in [0.717, 1.165) is 0 Å². The highest BCUT2D eigenvalue weighted by atomic mass is 16.5. The summed E-state index contributed by atoms with van der Waals surface area (Å²) in [5.41, 5.74) is 6.09. The van der Waals surface area contributed by atoms with E-state index in [-0.39, 0.29) is 0 Å². The maximum atomic E-state index is 5.46. The monoisotopic (exact) mass is 208 g/mol. The quantitative estimate of drug-likeness (QED) is 0.742. The molecule has 0 spiro atoms. The summed E-state index contributed by atoms with van der Waals surface area (Å²) in [5.74, 6) is 1.43. The minimum absolute atomic E-state index is 0.399. The van der Waals surface area contributed by atoms with Crippen LogP contribution >= 0.6 is 0 Å². The van der Waals surface area contributed by atoms with Crippen LogP contribution in [-0.4, -0.2) is 39.3 Å². The molecule has 0 unspecified atom stereocenters. The molecule has 0 bridgehead atoms. The molecule has 2 heterocycles. The van der Waals surface area contributed by atoms with Crippen molar-refractivity contribution in [2.75, 3.05) is 19.8 Å². The van der Waals surface area contributed by atoms with Crippen molar-refractivity contribution in [1.29, 1.82) is 0 Å². The Kier molecular flexibility index (Phi) is 2.38. The van der Waals surface area contributed by atoms with Crippen LogP contribution in [0.2, 0.25) is 0 Å². The molecule has 7 heteroatoms. The maximum absolute atomic E-state index is 5.46. The van der Waals surface area contributed by atoms with Gasteiger partial charge in [0.25, 0.3) is 5.89 Å². The summed E-state index contributed by atoms with van der Waals surface area (Å²) in [5, 5.41) is 10.3. The molecule has 0 radical (unpaired) electrons. The molecule has 0 aliphatic heterocycles. The number of aromatic amines is 1. The van der Waals surface area contributed by atoms with Crippen LogP contribution in [0.1, 0.15) is 5.82 Å². The van der Waals surface area contributed by atoms with Crippen LogP contribution in [0.4, 0.5) is 5.82 Å². The predicted octanol–water partition coefficient (Wildman–Crippen LogP) is 0.103. The zero-order chi connectivity index (χ0) is 10.8. The van der Waals surface area contributed by atoms with Crippen LogP contribution in [0.3, 0.4) is 0 Å². The van der Waals surface area contributed by atoms with E-state index in [4.69, 9.17) is 10.3 Å². The highest BCUT2D eigenvalue weighted by molar-refractivity contribution is 5.51. The third-order valence-corrected chi connectivity index (χ3v) is 1.75. The number of anilines is 1. The molecular weight excluding hydrogens is 196 g/mol. The summed E-state index contributed by atoms with van der Waals surface area (Å²) in [7, 11) is 3.87. The summed E-state index contributed by atoms with van der Waals surface area (Å²) in [6, 6.07) is 1.65. The van der Waals surface area contributed by atoms with Crippen LogP contribution < -0.4 is 5.73 Å². The lowest BCUT2D eigenvalue weighted by atomic mass is 10.4. The van der Waals surface area contributed by atoms with E-state index >= 15 is 0 Å². The second kappa shape index (κ2) is 3.70. The topological polar surface area (TPSA) is 96.9 Å². The molecule has 2 rings (SSSR count). The van der Waals surface area contributed by atoms with Crippen molar-refractivity contribution in [2.45, 2.75) is 6.54 Å². The molecule has 0 amide bonds. The first-order valence-electron chi connectivity index (χ1n) is 4.43. The van der Waals surface area contributed by atoms with Gasteiger partial charge in [-0.2, -0.15) is 10.1 Å². The number of rotatable bonds is 3. The van der Waals surface area contributed by atoms with Gasteiger partial charge in [-0.25, -0.2) is 0 Å².